The van der Waals surface area contributed by atoms with Gasteiger partial charge in [0.15, 0.2) is 0 Å². The fourth-order valence-electron chi connectivity index (χ4n) is 14.4. The Hall–Kier alpha value is -1.40. The number of allylic oxidation sites excluding steroid dienone is 2. The predicted octanol–water partition coefficient (Wildman–Crippen LogP) is 29.4. The highest BCUT2D eigenvalue weighted by Crippen LogP contribution is 2.21. The fraction of sp³-hybridized carbons (Fsp3) is 0.955. The van der Waals surface area contributed by atoms with Crippen LogP contribution in [0.25, 0.3) is 0 Å². The van der Waals surface area contributed by atoms with Crippen LogP contribution < -0.4 is 5.32 Å². The van der Waals surface area contributed by atoms with E-state index in [1.165, 1.54) is 443 Å². The number of rotatable bonds is 84. The van der Waals surface area contributed by atoms with Gasteiger partial charge < -0.3 is 20.3 Å². The second-order valence-electron chi connectivity index (χ2n) is 30.6. The van der Waals surface area contributed by atoms with Gasteiger partial charge in [0.05, 0.1) is 25.4 Å². The van der Waals surface area contributed by atoms with Gasteiger partial charge in [-0.2, -0.15) is 0 Å². The van der Waals surface area contributed by atoms with E-state index in [4.69, 9.17) is 4.74 Å². The largest absolute Gasteiger partial charge is 0.466 e. The Bertz CT molecular complexity index is 1430. The van der Waals surface area contributed by atoms with Crippen molar-refractivity contribution in [2.45, 2.75) is 527 Å². The zero-order valence-electron chi connectivity index (χ0n) is 64.5. The molecule has 0 saturated heterocycles. The lowest BCUT2D eigenvalue weighted by atomic mass is 10.0. The molecule has 0 aromatic carbocycles. The molecule has 0 aliphatic rings. The third kappa shape index (κ3) is 79.6. The van der Waals surface area contributed by atoms with Gasteiger partial charge in [0.2, 0.25) is 5.91 Å². The maximum absolute atomic E-state index is 12.6. The highest BCUT2D eigenvalue weighted by atomic mass is 16.5. The van der Waals surface area contributed by atoms with Crippen LogP contribution in [-0.2, 0) is 14.3 Å². The second-order valence-corrected chi connectivity index (χ2v) is 30.6. The average Bonchev–Trinajstić information content (AvgIpc) is 3.79. The van der Waals surface area contributed by atoms with Gasteiger partial charge in [0.1, 0.15) is 0 Å². The van der Waals surface area contributed by atoms with Crippen LogP contribution in [0, 0.1) is 0 Å². The van der Waals surface area contributed by atoms with Crippen LogP contribution in [0.5, 0.6) is 0 Å². The van der Waals surface area contributed by atoms with Crippen LogP contribution in [0.3, 0.4) is 0 Å². The molecule has 2 atom stereocenters. The molecule has 2 unspecified atom stereocenters. The van der Waals surface area contributed by atoms with Gasteiger partial charge in [-0.15, -0.1) is 0 Å². The molecule has 6 heteroatoms. The highest BCUT2D eigenvalue weighted by Gasteiger charge is 2.20. The molecule has 0 aromatic rings. The van der Waals surface area contributed by atoms with Crippen molar-refractivity contribution < 1.29 is 24.5 Å². The first-order valence-corrected chi connectivity index (χ1v) is 43.9. The molecule has 94 heavy (non-hydrogen) atoms. The number of carbonyl (C=O) groups excluding carboxylic acids is 2. The molecule has 0 saturated carbocycles. The summed E-state index contributed by atoms with van der Waals surface area (Å²) in [6, 6.07) is -0.538. The van der Waals surface area contributed by atoms with Crippen molar-refractivity contribution in [3.63, 3.8) is 0 Å². The van der Waals surface area contributed by atoms with E-state index in [1.807, 2.05) is 0 Å². The van der Waals surface area contributed by atoms with Crippen LogP contribution in [-0.4, -0.2) is 47.4 Å². The first kappa shape index (κ1) is 92.6. The van der Waals surface area contributed by atoms with Gasteiger partial charge in [0.25, 0.3) is 0 Å². The molecule has 0 radical (unpaired) electrons. The summed E-state index contributed by atoms with van der Waals surface area (Å²) in [5.41, 5.74) is 0. The fourth-order valence-corrected chi connectivity index (χ4v) is 14.4. The molecular formula is C88H173NO5. The van der Waals surface area contributed by atoms with E-state index in [0.717, 1.165) is 38.5 Å². The number of esters is 1. The summed E-state index contributed by atoms with van der Waals surface area (Å²) in [5.74, 6) is 0.00380. The van der Waals surface area contributed by atoms with Crippen LogP contribution >= 0.6 is 0 Å². The lowest BCUT2D eigenvalue weighted by Gasteiger charge is -2.22. The highest BCUT2D eigenvalue weighted by molar-refractivity contribution is 5.76. The van der Waals surface area contributed by atoms with Gasteiger partial charge in [-0.1, -0.05) is 463 Å². The Labute approximate surface area is 590 Å². The molecule has 6 nitrogen and oxygen atoms in total. The zero-order chi connectivity index (χ0) is 67.7. The Morgan fingerprint density at radius 2 is 0.500 bits per heavy atom. The minimum absolute atomic E-state index is 0.0250. The van der Waals surface area contributed by atoms with Crippen molar-refractivity contribution in [1.29, 1.82) is 0 Å². The predicted molar refractivity (Wildman–Crippen MR) is 417 cm³/mol. The van der Waals surface area contributed by atoms with E-state index < -0.39 is 12.1 Å². The molecule has 0 rings (SSSR count). The quantitative estimate of drug-likeness (QED) is 0.0320. The number of hydrogen-bond donors (Lipinski definition) is 3. The Balaban J connectivity index is 3.30. The lowest BCUT2D eigenvalue weighted by Crippen LogP contribution is -2.45. The second kappa shape index (κ2) is 84.0. The normalized spacial score (nSPS) is 12.4. The Kier molecular flexibility index (Phi) is 82.8. The molecule has 0 fully saturated rings. The van der Waals surface area contributed by atoms with Gasteiger partial charge >= 0.3 is 5.97 Å². The number of unbranched alkanes of at least 4 members (excludes halogenated alkanes) is 71. The SMILES string of the molecule is CCCCCCCCCCCCCCCCCCCCCC(=O)OCCCCCCCCCCCCCCCCCCCC/C=C\CCCCCCCCCCCCCCCCCCCC(=O)NC(CO)C(O)CCCCCCCCCCCCCCCCCCCCC. The van der Waals surface area contributed by atoms with Crippen LogP contribution in [0.1, 0.15) is 515 Å². The first-order chi connectivity index (χ1) is 46.5. The topological polar surface area (TPSA) is 95.9 Å². The smallest absolute Gasteiger partial charge is 0.305 e. The third-order valence-electron chi connectivity index (χ3n) is 21.1. The average molecular weight is 1330 g/mol. The van der Waals surface area contributed by atoms with E-state index in [9.17, 15) is 19.8 Å². The van der Waals surface area contributed by atoms with Crippen molar-refractivity contribution >= 4 is 11.9 Å². The molecule has 1 amide bonds. The monoisotopic (exact) mass is 1320 g/mol. The summed E-state index contributed by atoms with van der Waals surface area (Å²) in [6.45, 7) is 5.03. The Morgan fingerprint density at radius 1 is 0.287 bits per heavy atom. The van der Waals surface area contributed by atoms with Crippen LogP contribution in [0.15, 0.2) is 12.2 Å². The summed E-state index contributed by atoms with van der Waals surface area (Å²) in [7, 11) is 0. The summed E-state index contributed by atoms with van der Waals surface area (Å²) in [4.78, 5) is 24.7. The van der Waals surface area contributed by atoms with Crippen LogP contribution in [0.2, 0.25) is 0 Å². The van der Waals surface area contributed by atoms with Crippen molar-refractivity contribution in [2.24, 2.45) is 0 Å². The van der Waals surface area contributed by atoms with Gasteiger partial charge in [0, 0.05) is 12.8 Å². The van der Waals surface area contributed by atoms with E-state index in [2.05, 4.69) is 31.3 Å². The summed E-state index contributed by atoms with van der Waals surface area (Å²) in [6.07, 6.45) is 108. The molecule has 0 aliphatic heterocycles. The van der Waals surface area contributed by atoms with Gasteiger partial charge in [-0.3, -0.25) is 9.59 Å². The van der Waals surface area contributed by atoms with Crippen LogP contribution in [0.4, 0.5) is 0 Å². The first-order valence-electron chi connectivity index (χ1n) is 43.9. The molecule has 0 aromatic heterocycles. The van der Waals surface area contributed by atoms with E-state index in [-0.39, 0.29) is 18.5 Å². The molecular weight excluding hydrogens is 1150 g/mol. The third-order valence-corrected chi connectivity index (χ3v) is 21.1. The van der Waals surface area contributed by atoms with Crippen molar-refractivity contribution in [2.75, 3.05) is 13.2 Å². The molecule has 0 heterocycles. The lowest BCUT2D eigenvalue weighted by molar-refractivity contribution is -0.143. The molecule has 3 N–H and O–H groups in total. The maximum Gasteiger partial charge on any atom is 0.305 e. The minimum atomic E-state index is -0.661. The standard InChI is InChI=1S/C88H173NO5/c1-3-5-7-9-11-13-15-17-19-21-44-48-52-56-60-64-68-72-76-80-86(91)85(84-90)89-87(92)81-77-73-69-65-61-57-53-49-46-42-40-38-36-34-32-30-28-26-24-23-25-27-29-31-33-35-37-39-41-43-47-51-55-59-63-67-71-75-79-83-94-88(93)82-78-74-70-66-62-58-54-50-45-22-20-18-16-14-12-10-8-6-4-2/h23-24,85-86,90-91H,3-22,25-84H2,1-2H3,(H,89,92)/b24-23-. The minimum Gasteiger partial charge on any atom is -0.466 e. The number of amides is 1. The van der Waals surface area contributed by atoms with E-state index in [1.54, 1.807) is 0 Å². The van der Waals surface area contributed by atoms with E-state index >= 15 is 0 Å². The number of nitrogens with one attached hydrogen (secondary N) is 1. The molecule has 0 bridgehead atoms. The van der Waals surface area contributed by atoms with Crippen molar-refractivity contribution in [1.82, 2.24) is 5.32 Å². The van der Waals surface area contributed by atoms with E-state index in [0.29, 0.717) is 25.9 Å². The van der Waals surface area contributed by atoms with Gasteiger partial charge in [-0.25, -0.2) is 0 Å². The number of ether oxygens (including phenoxy) is 1. The summed E-state index contributed by atoms with van der Waals surface area (Å²) >= 11 is 0. The summed E-state index contributed by atoms with van der Waals surface area (Å²) < 4.78 is 5.53. The van der Waals surface area contributed by atoms with Crippen molar-refractivity contribution in [3.05, 3.63) is 12.2 Å². The Morgan fingerprint density at radius 3 is 0.755 bits per heavy atom. The molecule has 0 spiro atoms. The van der Waals surface area contributed by atoms with Crippen molar-refractivity contribution in [3.8, 4) is 0 Å². The number of aliphatic hydroxyl groups is 2. The number of carbonyl (C=O) groups is 2. The summed E-state index contributed by atoms with van der Waals surface area (Å²) in [5, 5.41) is 23.5. The molecule has 560 valence electrons. The number of aliphatic hydroxyl groups excluding tert-OH is 2. The maximum atomic E-state index is 12.6. The zero-order valence-corrected chi connectivity index (χ0v) is 64.5. The van der Waals surface area contributed by atoms with Gasteiger partial charge in [-0.05, 0) is 51.4 Å². The molecule has 0 aliphatic carbocycles. The number of hydrogen-bond acceptors (Lipinski definition) is 5.